The van der Waals surface area contributed by atoms with E-state index in [9.17, 15) is 0 Å². The Morgan fingerprint density at radius 3 is 1.82 bits per heavy atom. The van der Waals surface area contributed by atoms with Crippen LogP contribution in [-0.4, -0.2) is 0 Å². The number of fused-ring (bicyclic) bond motifs is 4. The Labute approximate surface area is 291 Å². The van der Waals surface area contributed by atoms with Crippen LogP contribution in [0.3, 0.4) is 0 Å². The van der Waals surface area contributed by atoms with Crippen LogP contribution in [0.1, 0.15) is 11.1 Å². The van der Waals surface area contributed by atoms with Crippen molar-refractivity contribution < 1.29 is 9.47 Å². The van der Waals surface area contributed by atoms with Gasteiger partial charge in [-0.2, -0.15) is 0 Å². The number of anilines is 3. The summed E-state index contributed by atoms with van der Waals surface area (Å²) in [5.74, 6) is 3.00. The Hall–Kier alpha value is -6.58. The van der Waals surface area contributed by atoms with E-state index in [0.717, 1.165) is 56.9 Å². The first kappa shape index (κ1) is 28.4. The van der Waals surface area contributed by atoms with E-state index in [4.69, 9.17) is 9.47 Å². The van der Waals surface area contributed by atoms with Crippen molar-refractivity contribution >= 4 is 27.8 Å². The standard InChI is InChI=1S/C47H31NO2/c1-2-9-31(10-3-1)32-19-23-38(24-20-32)48(40-25-21-37-27-36-11-4-5-16-41(36)42(37)30-40)39-15-6-14-34(28-39)35-22-26-43-46(29-35)50-45-18-8-13-33-12-7-17-44(49-43)47(33)45/h1-26,28-30H,27H2. The number of benzene rings is 8. The molecule has 3 nitrogen and oxygen atoms in total. The third-order valence-corrected chi connectivity index (χ3v) is 9.92. The average Bonchev–Trinajstić information content (AvgIpc) is 3.46. The first-order valence-corrected chi connectivity index (χ1v) is 17.0. The maximum Gasteiger partial charge on any atom is 0.170 e. The van der Waals surface area contributed by atoms with Crippen LogP contribution in [0.4, 0.5) is 17.1 Å². The molecule has 2 aliphatic rings. The van der Waals surface area contributed by atoms with Crippen molar-refractivity contribution in [2.45, 2.75) is 6.42 Å². The maximum atomic E-state index is 6.54. The molecule has 1 aliphatic carbocycles. The normalized spacial score (nSPS) is 12.2. The molecule has 0 bridgehead atoms. The molecule has 1 heterocycles. The molecule has 0 aromatic heterocycles. The fourth-order valence-electron chi connectivity index (χ4n) is 7.49. The predicted molar refractivity (Wildman–Crippen MR) is 204 cm³/mol. The molecule has 10 rings (SSSR count). The van der Waals surface area contributed by atoms with Crippen LogP contribution in [0.25, 0.3) is 44.2 Å². The zero-order valence-corrected chi connectivity index (χ0v) is 27.2. The van der Waals surface area contributed by atoms with Crippen molar-refractivity contribution in [2.24, 2.45) is 0 Å². The third kappa shape index (κ3) is 4.83. The average molecular weight is 642 g/mol. The monoisotopic (exact) mass is 641 g/mol. The van der Waals surface area contributed by atoms with Crippen LogP contribution >= 0.6 is 0 Å². The summed E-state index contributed by atoms with van der Waals surface area (Å²) in [6.45, 7) is 0. The topological polar surface area (TPSA) is 21.7 Å². The van der Waals surface area contributed by atoms with Gasteiger partial charge in [-0.1, -0.05) is 115 Å². The molecule has 0 spiro atoms. The molecular formula is C47H31NO2. The summed E-state index contributed by atoms with van der Waals surface area (Å²) < 4.78 is 12.9. The number of nitrogens with zero attached hydrogens (tertiary/aromatic N) is 1. The van der Waals surface area contributed by atoms with Gasteiger partial charge in [-0.05, 0) is 117 Å². The largest absolute Gasteiger partial charge is 0.453 e. The molecule has 0 radical (unpaired) electrons. The molecule has 0 saturated heterocycles. The van der Waals surface area contributed by atoms with Crippen molar-refractivity contribution in [2.75, 3.05) is 4.90 Å². The maximum absolute atomic E-state index is 6.54. The van der Waals surface area contributed by atoms with E-state index in [-0.39, 0.29) is 0 Å². The van der Waals surface area contributed by atoms with Gasteiger partial charge < -0.3 is 14.4 Å². The predicted octanol–water partition coefficient (Wildman–Crippen LogP) is 13.1. The summed E-state index contributed by atoms with van der Waals surface area (Å²) in [6, 6.07) is 62.3. The first-order valence-electron chi connectivity index (χ1n) is 17.0. The third-order valence-electron chi connectivity index (χ3n) is 9.92. The van der Waals surface area contributed by atoms with Gasteiger partial charge in [0.25, 0.3) is 0 Å². The molecule has 236 valence electrons. The van der Waals surface area contributed by atoms with Gasteiger partial charge >= 0.3 is 0 Å². The Kier molecular flexibility index (Phi) is 6.56. The van der Waals surface area contributed by atoms with Crippen LogP contribution in [0.2, 0.25) is 0 Å². The highest BCUT2D eigenvalue weighted by Crippen LogP contribution is 2.48. The minimum Gasteiger partial charge on any atom is -0.453 e. The smallest absolute Gasteiger partial charge is 0.170 e. The second kappa shape index (κ2) is 11.5. The van der Waals surface area contributed by atoms with Gasteiger partial charge in [0, 0.05) is 17.1 Å². The highest BCUT2D eigenvalue weighted by Gasteiger charge is 2.22. The summed E-state index contributed by atoms with van der Waals surface area (Å²) in [5, 5.41) is 2.08. The van der Waals surface area contributed by atoms with E-state index >= 15 is 0 Å². The first-order chi connectivity index (χ1) is 24.7. The fourth-order valence-corrected chi connectivity index (χ4v) is 7.49. The van der Waals surface area contributed by atoms with E-state index in [1.807, 2.05) is 30.3 Å². The van der Waals surface area contributed by atoms with Crippen LogP contribution in [0.15, 0.2) is 176 Å². The summed E-state index contributed by atoms with van der Waals surface area (Å²) in [4.78, 5) is 2.36. The van der Waals surface area contributed by atoms with Gasteiger partial charge in [-0.15, -0.1) is 0 Å². The molecule has 0 fully saturated rings. The van der Waals surface area contributed by atoms with Gasteiger partial charge in [0.2, 0.25) is 0 Å². The summed E-state index contributed by atoms with van der Waals surface area (Å²) in [5.41, 5.74) is 13.2. The Morgan fingerprint density at radius 2 is 0.980 bits per heavy atom. The quantitative estimate of drug-likeness (QED) is 0.187. The lowest BCUT2D eigenvalue weighted by Crippen LogP contribution is -2.10. The molecule has 0 unspecified atom stereocenters. The molecule has 0 atom stereocenters. The van der Waals surface area contributed by atoms with Crippen LogP contribution in [-0.2, 0) is 6.42 Å². The second-order valence-corrected chi connectivity index (χ2v) is 13.0. The zero-order chi connectivity index (χ0) is 33.0. The van der Waals surface area contributed by atoms with Gasteiger partial charge in [-0.25, -0.2) is 0 Å². The van der Waals surface area contributed by atoms with Crippen molar-refractivity contribution in [3.8, 4) is 56.4 Å². The van der Waals surface area contributed by atoms with Gasteiger partial charge in [0.05, 0.1) is 5.39 Å². The van der Waals surface area contributed by atoms with E-state index in [2.05, 4.69) is 150 Å². The number of rotatable bonds is 5. The Balaban J connectivity index is 1.07. The lowest BCUT2D eigenvalue weighted by molar-refractivity contribution is 0.439. The highest BCUT2D eigenvalue weighted by atomic mass is 16.5. The fraction of sp³-hybridized carbons (Fsp3) is 0.0213. The number of ether oxygens (including phenoxy) is 2. The minimum absolute atomic E-state index is 0.697. The van der Waals surface area contributed by atoms with Crippen molar-refractivity contribution in [1.82, 2.24) is 0 Å². The molecule has 50 heavy (non-hydrogen) atoms. The van der Waals surface area contributed by atoms with Crippen molar-refractivity contribution in [3.05, 3.63) is 187 Å². The van der Waals surface area contributed by atoms with Gasteiger partial charge in [-0.3, -0.25) is 0 Å². The summed E-state index contributed by atoms with van der Waals surface area (Å²) >= 11 is 0. The van der Waals surface area contributed by atoms with E-state index in [1.54, 1.807) is 0 Å². The lowest BCUT2D eigenvalue weighted by atomic mass is 10.0. The Bertz CT molecular complexity index is 2570. The molecule has 8 aromatic rings. The molecule has 0 saturated carbocycles. The molecule has 8 aromatic carbocycles. The SMILES string of the molecule is c1ccc(-c2ccc(N(c3cccc(-c4ccc5c(c4)Oc4cccc6cccc(c46)O5)c3)c3ccc4c(c3)-c3ccccc3C4)cc2)cc1. The van der Waals surface area contributed by atoms with Gasteiger partial charge in [0.1, 0.15) is 11.5 Å². The second-order valence-electron chi connectivity index (χ2n) is 13.0. The summed E-state index contributed by atoms with van der Waals surface area (Å²) in [7, 11) is 0. The van der Waals surface area contributed by atoms with E-state index < -0.39 is 0 Å². The molecular weight excluding hydrogens is 611 g/mol. The van der Waals surface area contributed by atoms with Gasteiger partial charge in [0.15, 0.2) is 11.5 Å². The minimum atomic E-state index is 0.697. The molecule has 0 N–H and O–H groups in total. The summed E-state index contributed by atoms with van der Waals surface area (Å²) in [6.07, 6.45) is 0.969. The Morgan fingerprint density at radius 1 is 0.360 bits per heavy atom. The van der Waals surface area contributed by atoms with E-state index in [1.165, 1.54) is 33.4 Å². The number of hydrogen-bond donors (Lipinski definition) is 0. The highest BCUT2D eigenvalue weighted by molar-refractivity contribution is 5.95. The molecule has 3 heteroatoms. The van der Waals surface area contributed by atoms with Crippen LogP contribution in [0.5, 0.6) is 23.0 Å². The lowest BCUT2D eigenvalue weighted by Gasteiger charge is -2.27. The van der Waals surface area contributed by atoms with E-state index in [0.29, 0.717) is 11.5 Å². The van der Waals surface area contributed by atoms with Crippen molar-refractivity contribution in [1.29, 1.82) is 0 Å². The molecule has 1 aliphatic heterocycles. The number of hydrogen-bond acceptors (Lipinski definition) is 3. The molecule has 0 amide bonds. The van der Waals surface area contributed by atoms with Crippen molar-refractivity contribution in [3.63, 3.8) is 0 Å². The van der Waals surface area contributed by atoms with Crippen LogP contribution in [0, 0.1) is 0 Å². The zero-order valence-electron chi connectivity index (χ0n) is 27.2. The van der Waals surface area contributed by atoms with Crippen LogP contribution < -0.4 is 14.4 Å².